The fraction of sp³-hybridized carbons (Fsp3) is 0.125. The zero-order chi connectivity index (χ0) is 15.1. The number of rotatable bonds is 5. The second-order valence-corrected chi connectivity index (χ2v) is 5.31. The molecule has 2 amide bonds. The van der Waals surface area contributed by atoms with E-state index in [2.05, 4.69) is 26.6 Å². The Morgan fingerprint density at radius 2 is 1.57 bits per heavy atom. The van der Waals surface area contributed by atoms with Crippen LogP contribution in [0.25, 0.3) is 0 Å². The molecule has 0 bridgehead atoms. The van der Waals surface area contributed by atoms with Crippen LogP contribution in [-0.4, -0.2) is 18.4 Å². The minimum atomic E-state index is -0.248. The van der Waals surface area contributed by atoms with E-state index in [1.165, 1.54) is 0 Å². The summed E-state index contributed by atoms with van der Waals surface area (Å²) >= 11 is 3.39. The number of hydrogen-bond donors (Lipinski definition) is 2. The molecular weight excluding hydrogens is 332 g/mol. The van der Waals surface area contributed by atoms with Crippen molar-refractivity contribution >= 4 is 33.4 Å². The van der Waals surface area contributed by atoms with Gasteiger partial charge in [0.15, 0.2) is 0 Å². The minimum Gasteiger partial charge on any atom is -0.347 e. The molecule has 0 spiro atoms. The van der Waals surface area contributed by atoms with Gasteiger partial charge in [-0.3, -0.25) is 9.59 Å². The maximum atomic E-state index is 11.8. The van der Waals surface area contributed by atoms with E-state index in [0.717, 1.165) is 10.0 Å². The lowest BCUT2D eigenvalue weighted by Gasteiger charge is -2.07. The van der Waals surface area contributed by atoms with E-state index >= 15 is 0 Å². The Morgan fingerprint density at radius 3 is 2.29 bits per heavy atom. The molecule has 0 heterocycles. The molecule has 0 saturated carbocycles. The summed E-state index contributed by atoms with van der Waals surface area (Å²) in [6.07, 6.45) is 0.236. The van der Waals surface area contributed by atoms with Gasteiger partial charge in [-0.2, -0.15) is 0 Å². The molecule has 2 N–H and O–H groups in total. The number of carbonyl (C=O) groups is 2. The molecule has 108 valence electrons. The molecule has 0 atom stereocenters. The first-order valence-corrected chi connectivity index (χ1v) is 7.29. The molecule has 0 aliphatic heterocycles. The van der Waals surface area contributed by atoms with Gasteiger partial charge in [0.2, 0.25) is 11.8 Å². The van der Waals surface area contributed by atoms with Crippen molar-refractivity contribution in [3.63, 3.8) is 0 Å². The molecule has 0 radical (unpaired) electrons. The van der Waals surface area contributed by atoms with Gasteiger partial charge in [0.25, 0.3) is 0 Å². The highest BCUT2D eigenvalue weighted by molar-refractivity contribution is 9.10. The fourth-order valence-electron chi connectivity index (χ4n) is 1.78. The first kappa shape index (κ1) is 15.3. The molecule has 2 rings (SSSR count). The molecule has 4 nitrogen and oxygen atoms in total. The highest BCUT2D eigenvalue weighted by atomic mass is 79.9. The Bertz CT molecular complexity index is 629. The largest absolute Gasteiger partial charge is 0.347 e. The van der Waals surface area contributed by atoms with Crippen LogP contribution in [0.1, 0.15) is 5.56 Å². The van der Waals surface area contributed by atoms with Gasteiger partial charge in [0.05, 0.1) is 13.0 Å². The standard InChI is InChI=1S/C16H15BrN2O2/c17-14-9-5-4-6-12(14)10-15(20)18-11-16(21)19-13-7-2-1-3-8-13/h1-9H,10-11H2,(H,18,20)(H,19,21). The minimum absolute atomic E-state index is 0.0435. The maximum absolute atomic E-state index is 11.8. The molecule has 5 heteroatoms. The third-order valence-corrected chi connectivity index (χ3v) is 3.59. The van der Waals surface area contributed by atoms with E-state index in [1.54, 1.807) is 12.1 Å². The smallest absolute Gasteiger partial charge is 0.243 e. The zero-order valence-electron chi connectivity index (χ0n) is 11.3. The lowest BCUT2D eigenvalue weighted by molar-refractivity contribution is -0.123. The number of anilines is 1. The molecule has 0 unspecified atom stereocenters. The van der Waals surface area contributed by atoms with Crippen LogP contribution in [0.5, 0.6) is 0 Å². The van der Waals surface area contributed by atoms with E-state index in [4.69, 9.17) is 0 Å². The molecule has 0 saturated heterocycles. The quantitative estimate of drug-likeness (QED) is 0.874. The van der Waals surface area contributed by atoms with Gasteiger partial charge in [-0.05, 0) is 23.8 Å². The molecule has 0 fully saturated rings. The van der Waals surface area contributed by atoms with Gasteiger partial charge in [-0.15, -0.1) is 0 Å². The highest BCUT2D eigenvalue weighted by Gasteiger charge is 2.08. The Balaban J connectivity index is 1.79. The predicted octanol–water partition coefficient (Wildman–Crippen LogP) is 2.75. The molecule has 0 aliphatic carbocycles. The van der Waals surface area contributed by atoms with Crippen LogP contribution in [0.3, 0.4) is 0 Å². The van der Waals surface area contributed by atoms with Crippen molar-refractivity contribution in [2.24, 2.45) is 0 Å². The first-order chi connectivity index (χ1) is 10.1. The van der Waals surface area contributed by atoms with Gasteiger partial charge in [0.1, 0.15) is 0 Å². The topological polar surface area (TPSA) is 58.2 Å². The SMILES string of the molecule is O=C(Cc1ccccc1Br)NCC(=O)Nc1ccccc1. The summed E-state index contributed by atoms with van der Waals surface area (Å²) in [5, 5.41) is 5.32. The Kier molecular flexibility index (Phi) is 5.51. The van der Waals surface area contributed by atoms with E-state index in [1.807, 2.05) is 42.5 Å². The number of nitrogens with one attached hydrogen (secondary N) is 2. The van der Waals surface area contributed by atoms with E-state index < -0.39 is 0 Å². The van der Waals surface area contributed by atoms with Crippen LogP contribution in [0.4, 0.5) is 5.69 Å². The summed E-state index contributed by atoms with van der Waals surface area (Å²) in [5.74, 6) is -0.438. The number of hydrogen-bond acceptors (Lipinski definition) is 2. The van der Waals surface area contributed by atoms with Crippen molar-refractivity contribution < 1.29 is 9.59 Å². The fourth-order valence-corrected chi connectivity index (χ4v) is 2.21. The van der Waals surface area contributed by atoms with E-state index in [0.29, 0.717) is 5.69 Å². The molecular formula is C16H15BrN2O2. The average molecular weight is 347 g/mol. The molecule has 21 heavy (non-hydrogen) atoms. The average Bonchev–Trinajstić information content (AvgIpc) is 2.49. The number of amides is 2. The normalized spacial score (nSPS) is 9.95. The van der Waals surface area contributed by atoms with Gasteiger partial charge in [-0.1, -0.05) is 52.3 Å². The van der Waals surface area contributed by atoms with Crippen LogP contribution < -0.4 is 10.6 Å². The van der Waals surface area contributed by atoms with Gasteiger partial charge >= 0.3 is 0 Å². The number of halogens is 1. The first-order valence-electron chi connectivity index (χ1n) is 6.50. The second kappa shape index (κ2) is 7.59. The van der Waals surface area contributed by atoms with E-state index in [9.17, 15) is 9.59 Å². The lowest BCUT2D eigenvalue weighted by atomic mass is 10.1. The molecule has 2 aromatic carbocycles. The summed E-state index contributed by atoms with van der Waals surface area (Å²) in [6, 6.07) is 16.6. The van der Waals surface area contributed by atoms with Crippen LogP contribution >= 0.6 is 15.9 Å². The van der Waals surface area contributed by atoms with Crippen LogP contribution in [-0.2, 0) is 16.0 Å². The molecule has 0 aliphatic rings. The highest BCUT2D eigenvalue weighted by Crippen LogP contribution is 2.16. The van der Waals surface area contributed by atoms with E-state index in [-0.39, 0.29) is 24.8 Å². The van der Waals surface area contributed by atoms with Crippen molar-refractivity contribution in [1.29, 1.82) is 0 Å². The van der Waals surface area contributed by atoms with Crippen molar-refractivity contribution in [1.82, 2.24) is 5.32 Å². The predicted molar refractivity (Wildman–Crippen MR) is 85.9 cm³/mol. The molecule has 0 aromatic heterocycles. The molecule has 2 aromatic rings. The summed E-state index contributed by atoms with van der Waals surface area (Å²) in [4.78, 5) is 23.5. The Hall–Kier alpha value is -2.14. The van der Waals surface area contributed by atoms with Gasteiger partial charge in [0, 0.05) is 10.2 Å². The second-order valence-electron chi connectivity index (χ2n) is 4.46. The summed E-state index contributed by atoms with van der Waals surface area (Å²) < 4.78 is 0.883. The zero-order valence-corrected chi connectivity index (χ0v) is 12.9. The number of carbonyl (C=O) groups excluding carboxylic acids is 2. The third-order valence-electron chi connectivity index (χ3n) is 2.81. The van der Waals surface area contributed by atoms with Crippen LogP contribution in [0, 0.1) is 0 Å². The van der Waals surface area contributed by atoms with Crippen molar-refractivity contribution in [3.05, 3.63) is 64.6 Å². The van der Waals surface area contributed by atoms with Gasteiger partial charge < -0.3 is 10.6 Å². The summed E-state index contributed by atoms with van der Waals surface area (Å²) in [7, 11) is 0. The number of benzene rings is 2. The lowest BCUT2D eigenvalue weighted by Crippen LogP contribution is -2.33. The van der Waals surface area contributed by atoms with Crippen LogP contribution in [0.15, 0.2) is 59.1 Å². The van der Waals surface area contributed by atoms with Crippen molar-refractivity contribution in [3.8, 4) is 0 Å². The monoisotopic (exact) mass is 346 g/mol. The summed E-state index contributed by atoms with van der Waals surface area (Å²) in [5.41, 5.74) is 1.60. The maximum Gasteiger partial charge on any atom is 0.243 e. The third kappa shape index (κ3) is 5.04. The van der Waals surface area contributed by atoms with Crippen molar-refractivity contribution in [2.75, 3.05) is 11.9 Å². The Labute approximate surface area is 131 Å². The van der Waals surface area contributed by atoms with Gasteiger partial charge in [-0.25, -0.2) is 0 Å². The Morgan fingerprint density at radius 1 is 0.905 bits per heavy atom. The van der Waals surface area contributed by atoms with Crippen LogP contribution in [0.2, 0.25) is 0 Å². The summed E-state index contributed by atoms with van der Waals surface area (Å²) in [6.45, 7) is -0.0435. The van der Waals surface area contributed by atoms with Crippen molar-refractivity contribution in [2.45, 2.75) is 6.42 Å². The number of para-hydroxylation sites is 1.